The van der Waals surface area contributed by atoms with Gasteiger partial charge in [0.15, 0.2) is 0 Å². The van der Waals surface area contributed by atoms with E-state index in [4.69, 9.17) is 9.47 Å². The Hall–Kier alpha value is -3.58. The van der Waals surface area contributed by atoms with E-state index in [1.54, 1.807) is 48.5 Å². The Morgan fingerprint density at radius 1 is 1.03 bits per heavy atom. The predicted octanol–water partition coefficient (Wildman–Crippen LogP) is 5.56. The molecule has 1 saturated heterocycles. The van der Waals surface area contributed by atoms with Crippen molar-refractivity contribution in [1.82, 2.24) is 0 Å². The number of Topliss-reactive ketones (excluding diaryl/α,β-unsaturated/α-hetero) is 1. The Balaban J connectivity index is 1.78. The van der Waals surface area contributed by atoms with E-state index >= 15 is 0 Å². The third-order valence-corrected chi connectivity index (χ3v) is 6.11. The molecule has 2 heterocycles. The molecule has 0 bridgehead atoms. The number of aliphatic hydroxyl groups excluding tert-OH is 1. The van der Waals surface area contributed by atoms with E-state index in [-0.39, 0.29) is 17.4 Å². The van der Waals surface area contributed by atoms with Gasteiger partial charge in [0, 0.05) is 16.1 Å². The third kappa shape index (κ3) is 4.50. The number of ether oxygens (including phenoxy) is 2. The second-order valence-electron chi connectivity index (χ2n) is 7.80. The van der Waals surface area contributed by atoms with Crippen LogP contribution in [-0.4, -0.2) is 29.5 Å². The summed E-state index contributed by atoms with van der Waals surface area (Å²) in [7, 11) is 0. The van der Waals surface area contributed by atoms with Crippen LogP contribution in [0.15, 0.2) is 71.6 Å². The van der Waals surface area contributed by atoms with Gasteiger partial charge in [0.05, 0.1) is 18.3 Å². The highest BCUT2D eigenvalue weighted by Crippen LogP contribution is 2.43. The molecule has 1 aromatic heterocycles. The quantitative estimate of drug-likeness (QED) is 0.282. The first-order chi connectivity index (χ1) is 15.9. The van der Waals surface area contributed by atoms with Crippen molar-refractivity contribution in [3.63, 3.8) is 0 Å². The van der Waals surface area contributed by atoms with Crippen molar-refractivity contribution in [2.45, 2.75) is 32.9 Å². The molecule has 1 amide bonds. The van der Waals surface area contributed by atoms with E-state index in [9.17, 15) is 14.7 Å². The Labute approximate surface area is 196 Å². The molecule has 1 N–H and O–H groups in total. The first kappa shape index (κ1) is 22.6. The van der Waals surface area contributed by atoms with Crippen LogP contribution in [0.25, 0.3) is 5.76 Å². The zero-order chi connectivity index (χ0) is 23.5. The van der Waals surface area contributed by atoms with Gasteiger partial charge in [-0.15, -0.1) is 11.3 Å². The molecule has 1 unspecified atom stereocenters. The summed E-state index contributed by atoms with van der Waals surface area (Å²) in [4.78, 5) is 28.5. The van der Waals surface area contributed by atoms with Gasteiger partial charge in [0.2, 0.25) is 0 Å². The number of nitrogens with zero attached hydrogens (tertiary/aromatic N) is 1. The average Bonchev–Trinajstić information content (AvgIpc) is 3.41. The van der Waals surface area contributed by atoms with Crippen LogP contribution >= 0.6 is 11.3 Å². The van der Waals surface area contributed by atoms with Crippen LogP contribution in [0.4, 0.5) is 5.69 Å². The summed E-state index contributed by atoms with van der Waals surface area (Å²) in [5.41, 5.74) is 1.06. The topological polar surface area (TPSA) is 76.1 Å². The number of aliphatic hydroxyl groups is 1. The minimum atomic E-state index is -0.727. The first-order valence-corrected chi connectivity index (χ1v) is 11.6. The maximum atomic E-state index is 13.1. The van der Waals surface area contributed by atoms with E-state index in [0.717, 1.165) is 4.88 Å². The predicted molar refractivity (Wildman–Crippen MR) is 129 cm³/mol. The van der Waals surface area contributed by atoms with Gasteiger partial charge < -0.3 is 14.6 Å². The van der Waals surface area contributed by atoms with Crippen molar-refractivity contribution in [2.24, 2.45) is 0 Å². The summed E-state index contributed by atoms with van der Waals surface area (Å²) < 4.78 is 11.2. The minimum absolute atomic E-state index is 0.0164. The molecule has 2 aromatic carbocycles. The van der Waals surface area contributed by atoms with Gasteiger partial charge in [-0.05, 0) is 80.7 Å². The minimum Gasteiger partial charge on any atom is -0.507 e. The van der Waals surface area contributed by atoms with Crippen LogP contribution in [0, 0.1) is 0 Å². The second-order valence-corrected chi connectivity index (χ2v) is 8.78. The lowest BCUT2D eigenvalue weighted by atomic mass is 9.99. The zero-order valence-corrected chi connectivity index (χ0v) is 19.5. The SMILES string of the molecule is CCOc1ccc(N2C(=O)C(=O)/C(=C(\O)c3ccc(OC(C)C)cc3)C2c2cccs2)cc1. The lowest BCUT2D eigenvalue weighted by Crippen LogP contribution is -2.29. The number of rotatable bonds is 7. The Kier molecular flexibility index (Phi) is 6.51. The summed E-state index contributed by atoms with van der Waals surface area (Å²) in [6.07, 6.45) is 0.0164. The molecular formula is C26H25NO5S. The highest BCUT2D eigenvalue weighted by molar-refractivity contribution is 7.10. The van der Waals surface area contributed by atoms with Crippen molar-refractivity contribution in [2.75, 3.05) is 11.5 Å². The van der Waals surface area contributed by atoms with Crippen LogP contribution in [0.5, 0.6) is 11.5 Å². The van der Waals surface area contributed by atoms with Crippen LogP contribution < -0.4 is 14.4 Å². The summed E-state index contributed by atoms with van der Waals surface area (Å²) in [6, 6.07) is 16.8. The maximum Gasteiger partial charge on any atom is 0.300 e. The Bertz CT molecular complexity index is 1160. The molecule has 1 aliphatic heterocycles. The number of carbonyl (C=O) groups excluding carboxylic acids is 2. The van der Waals surface area contributed by atoms with Crippen molar-refractivity contribution in [1.29, 1.82) is 0 Å². The van der Waals surface area contributed by atoms with Crippen molar-refractivity contribution in [3.8, 4) is 11.5 Å². The van der Waals surface area contributed by atoms with Crippen LogP contribution in [0.2, 0.25) is 0 Å². The second kappa shape index (κ2) is 9.50. The number of amides is 1. The van der Waals surface area contributed by atoms with Crippen LogP contribution in [0.3, 0.4) is 0 Å². The largest absolute Gasteiger partial charge is 0.507 e. The molecule has 1 atom stereocenters. The molecule has 4 rings (SSSR count). The fourth-order valence-corrected chi connectivity index (χ4v) is 4.63. The molecule has 33 heavy (non-hydrogen) atoms. The maximum absolute atomic E-state index is 13.1. The van der Waals surface area contributed by atoms with E-state index in [1.807, 2.05) is 38.3 Å². The molecule has 1 aliphatic rings. The van der Waals surface area contributed by atoms with Crippen molar-refractivity contribution < 1.29 is 24.2 Å². The lowest BCUT2D eigenvalue weighted by molar-refractivity contribution is -0.132. The highest BCUT2D eigenvalue weighted by atomic mass is 32.1. The van der Waals surface area contributed by atoms with E-state index in [2.05, 4.69) is 0 Å². The molecule has 3 aromatic rings. The number of carbonyl (C=O) groups is 2. The summed E-state index contributed by atoms with van der Waals surface area (Å²) in [5, 5.41) is 13.0. The van der Waals surface area contributed by atoms with Crippen LogP contribution in [0.1, 0.15) is 37.3 Å². The van der Waals surface area contributed by atoms with Gasteiger partial charge >= 0.3 is 0 Å². The summed E-state index contributed by atoms with van der Waals surface area (Å²) >= 11 is 1.42. The number of hydrogen-bond donors (Lipinski definition) is 1. The van der Waals surface area contributed by atoms with Crippen molar-refractivity contribution in [3.05, 3.63) is 82.1 Å². The molecule has 7 heteroatoms. The fraction of sp³-hybridized carbons (Fsp3) is 0.231. The average molecular weight is 464 g/mol. The number of hydrogen-bond acceptors (Lipinski definition) is 6. The third-order valence-electron chi connectivity index (χ3n) is 5.18. The number of benzene rings is 2. The fourth-order valence-electron chi connectivity index (χ4n) is 3.80. The number of ketones is 1. The zero-order valence-electron chi connectivity index (χ0n) is 18.6. The summed E-state index contributed by atoms with van der Waals surface area (Å²) in [5.74, 6) is -0.280. The smallest absolute Gasteiger partial charge is 0.300 e. The molecule has 170 valence electrons. The normalized spacial score (nSPS) is 17.6. The van der Waals surface area contributed by atoms with Gasteiger partial charge in [-0.1, -0.05) is 6.07 Å². The van der Waals surface area contributed by atoms with E-state index < -0.39 is 17.7 Å². The molecular weight excluding hydrogens is 438 g/mol. The molecule has 1 fully saturated rings. The summed E-state index contributed by atoms with van der Waals surface area (Å²) in [6.45, 7) is 6.28. The molecule has 0 saturated carbocycles. The number of thiophene rings is 1. The van der Waals surface area contributed by atoms with Gasteiger partial charge in [-0.3, -0.25) is 14.5 Å². The van der Waals surface area contributed by atoms with Gasteiger partial charge in [-0.2, -0.15) is 0 Å². The molecule has 0 aliphatic carbocycles. The van der Waals surface area contributed by atoms with Crippen molar-refractivity contribution >= 4 is 34.5 Å². The molecule has 0 radical (unpaired) electrons. The highest BCUT2D eigenvalue weighted by Gasteiger charge is 2.47. The molecule has 6 nitrogen and oxygen atoms in total. The Morgan fingerprint density at radius 2 is 1.70 bits per heavy atom. The lowest BCUT2D eigenvalue weighted by Gasteiger charge is -2.24. The Morgan fingerprint density at radius 3 is 2.27 bits per heavy atom. The van der Waals surface area contributed by atoms with Gasteiger partial charge in [0.25, 0.3) is 11.7 Å². The molecule has 0 spiro atoms. The van der Waals surface area contributed by atoms with Gasteiger partial charge in [0.1, 0.15) is 23.3 Å². The number of anilines is 1. The van der Waals surface area contributed by atoms with Gasteiger partial charge in [-0.25, -0.2) is 0 Å². The van der Waals surface area contributed by atoms with E-state index in [1.165, 1.54) is 16.2 Å². The standard InChI is InChI=1S/C26H25NO5S/c1-4-31-19-13-9-18(10-14-19)27-23(21-6-5-15-33-21)22(25(29)26(27)30)24(28)17-7-11-20(12-8-17)32-16(2)3/h5-16,23,28H,4H2,1-3H3/b24-22-. The van der Waals surface area contributed by atoms with Crippen LogP contribution in [-0.2, 0) is 9.59 Å². The monoisotopic (exact) mass is 463 g/mol. The van der Waals surface area contributed by atoms with E-state index in [0.29, 0.717) is 29.4 Å². The first-order valence-electron chi connectivity index (χ1n) is 10.7.